The summed E-state index contributed by atoms with van der Waals surface area (Å²) in [4.78, 5) is 0. The lowest BCUT2D eigenvalue weighted by Crippen LogP contribution is -1.85. The average molecular weight is 197 g/mol. The average Bonchev–Trinajstić information content (AvgIpc) is 2.24. The molecule has 0 fully saturated rings. The van der Waals surface area contributed by atoms with Crippen LogP contribution in [-0.4, -0.2) is 13.7 Å². The summed E-state index contributed by atoms with van der Waals surface area (Å²) in [7, 11) is 1.64. The zero-order valence-electron chi connectivity index (χ0n) is 9.92. The van der Waals surface area contributed by atoms with Crippen LogP contribution in [0.4, 0.5) is 0 Å². The van der Waals surface area contributed by atoms with Crippen LogP contribution in [0.15, 0.2) is 24.8 Å². The molecule has 0 aliphatic rings. The van der Waals surface area contributed by atoms with E-state index in [0.717, 1.165) is 6.42 Å². The lowest BCUT2D eigenvalue weighted by molar-refractivity contribution is 0.196. The van der Waals surface area contributed by atoms with E-state index >= 15 is 0 Å². The second-order valence-corrected chi connectivity index (χ2v) is 2.02. The van der Waals surface area contributed by atoms with Crippen molar-refractivity contribution < 1.29 is 4.74 Å². The van der Waals surface area contributed by atoms with Gasteiger partial charge in [0.2, 0.25) is 0 Å². The van der Waals surface area contributed by atoms with E-state index in [-0.39, 0.29) is 0 Å². The molecule has 2 heteroatoms. The summed E-state index contributed by atoms with van der Waals surface area (Å²) < 4.78 is 4.69. The zero-order chi connectivity index (χ0) is 11.7. The maximum absolute atomic E-state index is 7.99. The third-order valence-electron chi connectivity index (χ3n) is 0.966. The fourth-order valence-corrected chi connectivity index (χ4v) is 0.432. The van der Waals surface area contributed by atoms with Crippen molar-refractivity contribution in [2.45, 2.75) is 33.6 Å². The fourth-order valence-electron chi connectivity index (χ4n) is 0.432. The molecule has 0 aliphatic carbocycles. The van der Waals surface area contributed by atoms with Crippen molar-refractivity contribution in [1.82, 2.24) is 0 Å². The molecule has 2 nitrogen and oxygen atoms in total. The lowest BCUT2D eigenvalue weighted by atomic mass is 10.4. The van der Waals surface area contributed by atoms with Gasteiger partial charge in [0, 0.05) is 20.1 Å². The van der Waals surface area contributed by atoms with Gasteiger partial charge in [-0.25, -0.2) is 0 Å². The minimum absolute atomic E-state index is 0.605. The van der Waals surface area contributed by atoms with E-state index in [4.69, 9.17) is 10.00 Å². The summed E-state index contributed by atoms with van der Waals surface area (Å²) in [6, 6.07) is 2.02. The molecule has 0 radical (unpaired) electrons. The summed E-state index contributed by atoms with van der Waals surface area (Å²) in [6.45, 7) is 10.1. The number of nitriles is 1. The summed E-state index contributed by atoms with van der Waals surface area (Å²) in [6.07, 6.45) is 7.04. The van der Waals surface area contributed by atoms with Crippen LogP contribution in [0.5, 0.6) is 0 Å². The SMILES string of the molecule is C=CC=CC.CC.COCCCC#N. The van der Waals surface area contributed by atoms with Gasteiger partial charge in [-0.15, -0.1) is 0 Å². The number of unbranched alkanes of at least 4 members (excludes halogenated alkanes) is 1. The van der Waals surface area contributed by atoms with E-state index in [0.29, 0.717) is 13.0 Å². The Balaban J connectivity index is -0.000000152. The maximum Gasteiger partial charge on any atom is 0.0622 e. The molecule has 0 amide bonds. The summed E-state index contributed by atoms with van der Waals surface area (Å²) >= 11 is 0. The van der Waals surface area contributed by atoms with E-state index in [9.17, 15) is 0 Å². The van der Waals surface area contributed by atoms with Gasteiger partial charge >= 0.3 is 0 Å². The quantitative estimate of drug-likeness (QED) is 0.508. The van der Waals surface area contributed by atoms with E-state index < -0.39 is 0 Å². The fraction of sp³-hybridized carbons (Fsp3) is 0.583. The molecule has 0 rings (SSSR count). The third-order valence-corrected chi connectivity index (χ3v) is 0.966. The molecule has 0 saturated heterocycles. The number of allylic oxidation sites excluding steroid dienone is 3. The first kappa shape index (κ1) is 18.7. The molecule has 0 saturated carbocycles. The van der Waals surface area contributed by atoms with Gasteiger partial charge < -0.3 is 4.74 Å². The highest BCUT2D eigenvalue weighted by Gasteiger charge is 1.79. The van der Waals surface area contributed by atoms with Gasteiger partial charge in [-0.05, 0) is 13.3 Å². The molecule has 0 unspecified atom stereocenters. The first-order valence-electron chi connectivity index (χ1n) is 4.93. The first-order valence-corrected chi connectivity index (χ1v) is 4.93. The summed E-state index contributed by atoms with van der Waals surface area (Å²) in [5, 5.41) is 7.99. The van der Waals surface area contributed by atoms with Crippen molar-refractivity contribution in [1.29, 1.82) is 5.26 Å². The first-order chi connectivity index (χ1) is 6.83. The van der Waals surface area contributed by atoms with Crippen molar-refractivity contribution in [3.05, 3.63) is 24.8 Å². The molecule has 0 N–H and O–H groups in total. The predicted octanol–water partition coefficient (Wildman–Crippen LogP) is 3.71. The Labute approximate surface area is 88.9 Å². The minimum Gasteiger partial charge on any atom is -0.385 e. The lowest BCUT2D eigenvalue weighted by Gasteiger charge is -1.88. The Morgan fingerprint density at radius 1 is 1.43 bits per heavy atom. The molecule has 0 aromatic carbocycles. The predicted molar refractivity (Wildman–Crippen MR) is 63.1 cm³/mol. The number of methoxy groups -OCH3 is 1. The van der Waals surface area contributed by atoms with Crippen molar-refractivity contribution in [2.24, 2.45) is 0 Å². The second-order valence-electron chi connectivity index (χ2n) is 2.02. The molecule has 0 spiro atoms. The minimum atomic E-state index is 0.605. The summed E-state index contributed by atoms with van der Waals surface area (Å²) in [5.41, 5.74) is 0. The van der Waals surface area contributed by atoms with Gasteiger partial charge in [-0.1, -0.05) is 38.7 Å². The van der Waals surface area contributed by atoms with Crippen molar-refractivity contribution in [3.8, 4) is 6.07 Å². The molecule has 82 valence electrons. The molecule has 0 aromatic rings. The van der Waals surface area contributed by atoms with Gasteiger partial charge in [-0.2, -0.15) is 5.26 Å². The maximum atomic E-state index is 7.99. The molecular weight excluding hydrogens is 174 g/mol. The molecule has 0 aromatic heterocycles. The van der Waals surface area contributed by atoms with E-state index in [2.05, 4.69) is 6.58 Å². The van der Waals surface area contributed by atoms with Gasteiger partial charge in [0.05, 0.1) is 6.07 Å². The highest BCUT2D eigenvalue weighted by Crippen LogP contribution is 1.83. The monoisotopic (exact) mass is 197 g/mol. The molecular formula is C12H23NO. The summed E-state index contributed by atoms with van der Waals surface area (Å²) in [5.74, 6) is 0. The highest BCUT2D eigenvalue weighted by atomic mass is 16.5. The smallest absolute Gasteiger partial charge is 0.0622 e. The van der Waals surface area contributed by atoms with Gasteiger partial charge in [0.15, 0.2) is 0 Å². The molecule has 0 atom stereocenters. The standard InChI is InChI=1S/C5H9NO.C5H8.C2H6/c1-7-5-3-2-4-6;1-3-5-4-2;1-2/h2-3,5H2,1H3;3-5H,1H2,2H3;1-2H3. The number of hydrogen-bond donors (Lipinski definition) is 0. The zero-order valence-corrected chi connectivity index (χ0v) is 9.92. The van der Waals surface area contributed by atoms with Crippen LogP contribution in [0.25, 0.3) is 0 Å². The number of ether oxygens (including phenoxy) is 1. The Morgan fingerprint density at radius 2 is 2.00 bits per heavy atom. The molecule has 0 aliphatic heterocycles. The van der Waals surface area contributed by atoms with Crippen LogP contribution < -0.4 is 0 Å². The number of rotatable bonds is 4. The van der Waals surface area contributed by atoms with E-state index in [1.807, 2.05) is 39.0 Å². The third kappa shape index (κ3) is 44.3. The van der Waals surface area contributed by atoms with Crippen LogP contribution in [0.3, 0.4) is 0 Å². The van der Waals surface area contributed by atoms with Crippen molar-refractivity contribution >= 4 is 0 Å². The van der Waals surface area contributed by atoms with E-state index in [1.165, 1.54) is 0 Å². The van der Waals surface area contributed by atoms with Gasteiger partial charge in [0.1, 0.15) is 0 Å². The van der Waals surface area contributed by atoms with Crippen LogP contribution in [-0.2, 0) is 4.74 Å². The topological polar surface area (TPSA) is 33.0 Å². The Hall–Kier alpha value is -1.07. The van der Waals surface area contributed by atoms with Gasteiger partial charge in [-0.3, -0.25) is 0 Å². The van der Waals surface area contributed by atoms with E-state index in [1.54, 1.807) is 13.2 Å². The molecule has 14 heavy (non-hydrogen) atoms. The Kier molecular flexibility index (Phi) is 39.6. The van der Waals surface area contributed by atoms with Crippen LogP contribution in [0.2, 0.25) is 0 Å². The van der Waals surface area contributed by atoms with Crippen molar-refractivity contribution in [2.75, 3.05) is 13.7 Å². The van der Waals surface area contributed by atoms with Crippen LogP contribution >= 0.6 is 0 Å². The Bertz CT molecular complexity index is 145. The van der Waals surface area contributed by atoms with Gasteiger partial charge in [0.25, 0.3) is 0 Å². The largest absolute Gasteiger partial charge is 0.385 e. The Morgan fingerprint density at radius 3 is 2.21 bits per heavy atom. The number of hydrogen-bond acceptors (Lipinski definition) is 2. The van der Waals surface area contributed by atoms with Crippen molar-refractivity contribution in [3.63, 3.8) is 0 Å². The molecule has 0 bridgehead atoms. The van der Waals surface area contributed by atoms with Crippen LogP contribution in [0.1, 0.15) is 33.6 Å². The van der Waals surface area contributed by atoms with Crippen LogP contribution in [0, 0.1) is 11.3 Å². The molecule has 0 heterocycles. The highest BCUT2D eigenvalue weighted by molar-refractivity contribution is 4.94. The normalized spacial score (nSPS) is 7.64. The number of nitrogens with zero attached hydrogens (tertiary/aromatic N) is 1. The second kappa shape index (κ2) is 29.7.